The lowest BCUT2D eigenvalue weighted by Gasteiger charge is -2.34. The van der Waals surface area contributed by atoms with Gasteiger partial charge in [-0.15, -0.1) is 0 Å². The van der Waals surface area contributed by atoms with E-state index < -0.39 is 10.0 Å². The van der Waals surface area contributed by atoms with Gasteiger partial charge in [-0.25, -0.2) is 13.6 Å². The third-order valence-electron chi connectivity index (χ3n) is 3.44. The smallest absolute Gasteiger partial charge is 0.255 e. The second kappa shape index (κ2) is 5.11. The van der Waals surface area contributed by atoms with Crippen LogP contribution in [0.3, 0.4) is 0 Å². The van der Waals surface area contributed by atoms with Gasteiger partial charge in [-0.2, -0.15) is 0 Å². The molecule has 2 rings (SSSR count). The summed E-state index contributed by atoms with van der Waals surface area (Å²) >= 11 is 5.97. The molecule has 1 aromatic carbocycles. The predicted octanol–water partition coefficient (Wildman–Crippen LogP) is 1.61. The van der Waals surface area contributed by atoms with Crippen LogP contribution >= 0.6 is 11.6 Å². The summed E-state index contributed by atoms with van der Waals surface area (Å²) in [6.45, 7) is 0. The highest BCUT2D eigenvalue weighted by molar-refractivity contribution is 7.89. The second-order valence-electron chi connectivity index (χ2n) is 4.69. The van der Waals surface area contributed by atoms with Crippen molar-refractivity contribution in [3.8, 4) is 0 Å². The molecule has 0 radical (unpaired) electrons. The van der Waals surface area contributed by atoms with E-state index in [0.717, 1.165) is 19.3 Å². The number of nitrogens with two attached hydrogens (primary N) is 1. The molecule has 1 saturated carbocycles. The molecule has 1 aliphatic rings. The molecule has 104 valence electrons. The van der Waals surface area contributed by atoms with Crippen molar-refractivity contribution in [2.45, 2.75) is 30.2 Å². The first-order valence-electron chi connectivity index (χ1n) is 5.90. The summed E-state index contributed by atoms with van der Waals surface area (Å²) in [5.74, 6) is -0.278. The van der Waals surface area contributed by atoms with Crippen molar-refractivity contribution in [2.75, 3.05) is 7.05 Å². The number of benzene rings is 1. The first-order chi connectivity index (χ1) is 8.80. The molecular weight excluding hydrogens is 288 g/mol. The van der Waals surface area contributed by atoms with E-state index in [-0.39, 0.29) is 27.4 Å². The van der Waals surface area contributed by atoms with E-state index in [9.17, 15) is 13.2 Å². The van der Waals surface area contributed by atoms with E-state index >= 15 is 0 Å². The molecule has 0 unspecified atom stereocenters. The SMILES string of the molecule is CN(C(=O)c1cc(S(N)(=O)=O)ccc1Cl)C1CCC1. The van der Waals surface area contributed by atoms with Crippen LogP contribution in [-0.2, 0) is 10.0 Å². The molecule has 7 heteroatoms. The fourth-order valence-electron chi connectivity index (χ4n) is 1.98. The number of rotatable bonds is 3. The monoisotopic (exact) mass is 302 g/mol. The van der Waals surface area contributed by atoms with E-state index in [2.05, 4.69) is 0 Å². The Morgan fingerprint density at radius 1 is 1.42 bits per heavy atom. The predicted molar refractivity (Wildman–Crippen MR) is 72.6 cm³/mol. The normalized spacial score (nSPS) is 15.9. The van der Waals surface area contributed by atoms with Crippen LogP contribution < -0.4 is 5.14 Å². The van der Waals surface area contributed by atoms with Gasteiger partial charge in [-0.3, -0.25) is 4.79 Å². The highest BCUT2D eigenvalue weighted by atomic mass is 35.5. The van der Waals surface area contributed by atoms with Crippen LogP contribution in [0.1, 0.15) is 29.6 Å². The Labute approximate surface area is 117 Å². The fraction of sp³-hybridized carbons (Fsp3) is 0.417. The van der Waals surface area contributed by atoms with Crippen molar-refractivity contribution >= 4 is 27.5 Å². The molecule has 0 saturated heterocycles. The summed E-state index contributed by atoms with van der Waals surface area (Å²) in [4.78, 5) is 13.8. The van der Waals surface area contributed by atoms with Crippen molar-refractivity contribution in [3.63, 3.8) is 0 Å². The fourth-order valence-corrected chi connectivity index (χ4v) is 2.71. The van der Waals surface area contributed by atoms with Gasteiger partial charge in [0.2, 0.25) is 10.0 Å². The molecule has 0 spiro atoms. The lowest BCUT2D eigenvalue weighted by atomic mass is 9.91. The maximum Gasteiger partial charge on any atom is 0.255 e. The van der Waals surface area contributed by atoms with Crippen molar-refractivity contribution < 1.29 is 13.2 Å². The van der Waals surface area contributed by atoms with Crippen LogP contribution in [0, 0.1) is 0 Å². The lowest BCUT2D eigenvalue weighted by molar-refractivity contribution is 0.0652. The lowest BCUT2D eigenvalue weighted by Crippen LogP contribution is -2.41. The molecule has 2 N–H and O–H groups in total. The van der Waals surface area contributed by atoms with Crippen LogP contribution in [-0.4, -0.2) is 32.3 Å². The molecule has 5 nitrogen and oxygen atoms in total. The zero-order valence-corrected chi connectivity index (χ0v) is 12.0. The van der Waals surface area contributed by atoms with E-state index in [4.69, 9.17) is 16.7 Å². The second-order valence-corrected chi connectivity index (χ2v) is 6.66. The molecule has 1 amide bonds. The molecular formula is C12H15ClN2O3S. The number of sulfonamides is 1. The average Bonchev–Trinajstić information content (AvgIpc) is 2.24. The van der Waals surface area contributed by atoms with Crippen molar-refractivity contribution in [1.29, 1.82) is 0 Å². The summed E-state index contributed by atoms with van der Waals surface area (Å²) < 4.78 is 22.6. The Bertz CT molecular complexity index is 611. The zero-order chi connectivity index (χ0) is 14.2. The highest BCUT2D eigenvalue weighted by Crippen LogP contribution is 2.27. The van der Waals surface area contributed by atoms with E-state index in [1.165, 1.54) is 18.2 Å². The molecule has 19 heavy (non-hydrogen) atoms. The van der Waals surface area contributed by atoms with Gasteiger partial charge in [0.1, 0.15) is 0 Å². The summed E-state index contributed by atoms with van der Waals surface area (Å²) in [5, 5.41) is 5.28. The molecule has 1 aliphatic carbocycles. The molecule has 0 atom stereocenters. The minimum atomic E-state index is -3.84. The number of nitrogens with zero attached hydrogens (tertiary/aromatic N) is 1. The Balaban J connectivity index is 2.35. The summed E-state index contributed by atoms with van der Waals surface area (Å²) in [7, 11) is -2.14. The minimum Gasteiger partial charge on any atom is -0.339 e. The first kappa shape index (κ1) is 14.3. The van der Waals surface area contributed by atoms with E-state index in [0.29, 0.717) is 0 Å². The summed E-state index contributed by atoms with van der Waals surface area (Å²) in [5.41, 5.74) is 0.169. The van der Waals surface area contributed by atoms with Gasteiger partial charge in [0.05, 0.1) is 15.5 Å². The number of halogens is 1. The van der Waals surface area contributed by atoms with Crippen molar-refractivity contribution in [3.05, 3.63) is 28.8 Å². The van der Waals surface area contributed by atoms with Gasteiger partial charge < -0.3 is 4.90 Å². The van der Waals surface area contributed by atoms with Gasteiger partial charge in [0, 0.05) is 13.1 Å². The molecule has 0 aliphatic heterocycles. The molecule has 0 bridgehead atoms. The Morgan fingerprint density at radius 3 is 2.53 bits per heavy atom. The summed E-state index contributed by atoms with van der Waals surface area (Å²) in [6.07, 6.45) is 3.04. The van der Waals surface area contributed by atoms with Crippen molar-refractivity contribution in [1.82, 2.24) is 4.90 Å². The third-order valence-corrected chi connectivity index (χ3v) is 4.68. The number of amides is 1. The van der Waals surface area contributed by atoms with Crippen LogP contribution in [0.5, 0.6) is 0 Å². The first-order valence-corrected chi connectivity index (χ1v) is 7.82. The third kappa shape index (κ3) is 2.91. The number of hydrogen-bond donors (Lipinski definition) is 1. The van der Waals surface area contributed by atoms with Gasteiger partial charge >= 0.3 is 0 Å². The summed E-state index contributed by atoms with van der Waals surface area (Å²) in [6, 6.07) is 4.11. The molecule has 0 heterocycles. The Morgan fingerprint density at radius 2 is 2.05 bits per heavy atom. The number of hydrogen-bond acceptors (Lipinski definition) is 3. The molecule has 0 aromatic heterocycles. The average molecular weight is 303 g/mol. The van der Waals surface area contributed by atoms with Gasteiger partial charge in [0.15, 0.2) is 0 Å². The van der Waals surface area contributed by atoms with Crippen LogP contribution in [0.15, 0.2) is 23.1 Å². The largest absolute Gasteiger partial charge is 0.339 e. The topological polar surface area (TPSA) is 80.5 Å². The van der Waals surface area contributed by atoms with E-state index in [1.54, 1.807) is 11.9 Å². The maximum atomic E-state index is 12.3. The quantitative estimate of drug-likeness (QED) is 0.921. The molecule has 1 aromatic rings. The minimum absolute atomic E-state index is 0.109. The highest BCUT2D eigenvalue weighted by Gasteiger charge is 2.27. The Kier molecular flexibility index (Phi) is 3.85. The van der Waals surface area contributed by atoms with Crippen LogP contribution in [0.25, 0.3) is 0 Å². The van der Waals surface area contributed by atoms with Crippen molar-refractivity contribution in [2.24, 2.45) is 5.14 Å². The maximum absolute atomic E-state index is 12.3. The van der Waals surface area contributed by atoms with Gasteiger partial charge in [-0.05, 0) is 37.5 Å². The zero-order valence-electron chi connectivity index (χ0n) is 10.5. The Hall–Kier alpha value is -1.11. The van der Waals surface area contributed by atoms with Gasteiger partial charge in [0.25, 0.3) is 5.91 Å². The number of primary sulfonamides is 1. The number of carbonyl (C=O) groups excluding carboxylic acids is 1. The van der Waals surface area contributed by atoms with E-state index in [1.807, 2.05) is 0 Å². The van der Waals surface area contributed by atoms with Crippen LogP contribution in [0.4, 0.5) is 0 Å². The number of carbonyl (C=O) groups is 1. The standard InChI is InChI=1S/C12H15ClN2O3S/c1-15(8-3-2-4-8)12(16)10-7-9(19(14,17)18)5-6-11(10)13/h5-8H,2-4H2,1H3,(H2,14,17,18). The van der Waals surface area contributed by atoms with Gasteiger partial charge in [-0.1, -0.05) is 11.6 Å². The van der Waals surface area contributed by atoms with Crippen LogP contribution in [0.2, 0.25) is 5.02 Å². The molecule has 1 fully saturated rings.